The fourth-order valence-electron chi connectivity index (χ4n) is 2.67. The SMILES string of the molecule is C=CCn1c(SCc2cc(=O)n3[nH]cc(C#N)c3n2)nnc1C1CC1. The fraction of sp³-hybridized carbons (Fsp3) is 0.312. The predicted octanol–water partition coefficient (Wildman–Crippen LogP) is 1.84. The van der Waals surface area contributed by atoms with Crippen LogP contribution in [0, 0.1) is 11.3 Å². The van der Waals surface area contributed by atoms with Crippen molar-refractivity contribution in [1.29, 1.82) is 5.26 Å². The lowest BCUT2D eigenvalue weighted by atomic mass is 10.3. The fourth-order valence-corrected chi connectivity index (χ4v) is 3.52. The van der Waals surface area contributed by atoms with Crippen LogP contribution in [-0.2, 0) is 12.3 Å². The molecule has 3 aromatic heterocycles. The average Bonchev–Trinajstić information content (AvgIpc) is 3.24. The molecule has 9 heteroatoms. The molecule has 1 aliphatic rings. The van der Waals surface area contributed by atoms with E-state index in [4.69, 9.17) is 5.26 Å². The molecule has 1 fully saturated rings. The van der Waals surface area contributed by atoms with Crippen molar-refractivity contribution in [3.8, 4) is 6.07 Å². The highest BCUT2D eigenvalue weighted by atomic mass is 32.2. The molecule has 3 aromatic rings. The van der Waals surface area contributed by atoms with E-state index in [1.165, 1.54) is 28.5 Å². The quantitative estimate of drug-likeness (QED) is 0.535. The van der Waals surface area contributed by atoms with Crippen LogP contribution in [0.15, 0.2) is 34.9 Å². The summed E-state index contributed by atoms with van der Waals surface area (Å²) in [7, 11) is 0. The van der Waals surface area contributed by atoms with Gasteiger partial charge in [-0.25, -0.2) is 9.50 Å². The van der Waals surface area contributed by atoms with Crippen LogP contribution in [0.2, 0.25) is 0 Å². The number of hydrogen-bond donors (Lipinski definition) is 1. The summed E-state index contributed by atoms with van der Waals surface area (Å²) in [6.07, 6.45) is 5.61. The van der Waals surface area contributed by atoms with Crippen molar-refractivity contribution in [2.45, 2.75) is 36.2 Å². The van der Waals surface area contributed by atoms with E-state index >= 15 is 0 Å². The number of rotatable bonds is 6. The molecule has 0 spiro atoms. The van der Waals surface area contributed by atoms with Gasteiger partial charge in [0.1, 0.15) is 17.5 Å². The maximum atomic E-state index is 12.1. The molecule has 8 nitrogen and oxygen atoms in total. The zero-order chi connectivity index (χ0) is 17.4. The molecule has 1 N–H and O–H groups in total. The molecule has 25 heavy (non-hydrogen) atoms. The molecule has 0 saturated heterocycles. The Hall–Kier alpha value is -2.86. The van der Waals surface area contributed by atoms with Crippen LogP contribution in [0.5, 0.6) is 0 Å². The van der Waals surface area contributed by atoms with Gasteiger partial charge in [0.2, 0.25) is 0 Å². The van der Waals surface area contributed by atoms with E-state index < -0.39 is 0 Å². The molecule has 0 amide bonds. The highest BCUT2D eigenvalue weighted by molar-refractivity contribution is 7.98. The lowest BCUT2D eigenvalue weighted by Crippen LogP contribution is -2.15. The minimum Gasteiger partial charge on any atom is -0.302 e. The first-order valence-electron chi connectivity index (χ1n) is 7.88. The molecule has 0 bridgehead atoms. The van der Waals surface area contributed by atoms with Crippen molar-refractivity contribution < 1.29 is 0 Å². The van der Waals surface area contributed by atoms with Crippen molar-refractivity contribution in [3.05, 3.63) is 52.4 Å². The average molecular weight is 353 g/mol. The van der Waals surface area contributed by atoms with Crippen LogP contribution >= 0.6 is 11.8 Å². The van der Waals surface area contributed by atoms with E-state index in [0.717, 1.165) is 23.8 Å². The van der Waals surface area contributed by atoms with Crippen LogP contribution in [0.4, 0.5) is 0 Å². The number of fused-ring (bicyclic) bond motifs is 1. The molecular weight excluding hydrogens is 338 g/mol. The lowest BCUT2D eigenvalue weighted by molar-refractivity contribution is 0.681. The second kappa shape index (κ2) is 6.22. The van der Waals surface area contributed by atoms with E-state index in [1.54, 1.807) is 0 Å². The van der Waals surface area contributed by atoms with Crippen molar-refractivity contribution in [1.82, 2.24) is 29.4 Å². The van der Waals surface area contributed by atoms with Crippen molar-refractivity contribution in [3.63, 3.8) is 0 Å². The van der Waals surface area contributed by atoms with Gasteiger partial charge in [0.05, 0.1) is 5.69 Å². The molecule has 0 aliphatic heterocycles. The van der Waals surface area contributed by atoms with E-state index in [2.05, 4.69) is 31.4 Å². The number of nitrogens with zero attached hydrogens (tertiary/aromatic N) is 6. The second-order valence-corrected chi connectivity index (χ2v) is 6.79. The first-order chi connectivity index (χ1) is 12.2. The summed E-state index contributed by atoms with van der Waals surface area (Å²) in [4.78, 5) is 16.6. The van der Waals surface area contributed by atoms with Crippen LogP contribution in [0.25, 0.3) is 5.65 Å². The first-order valence-corrected chi connectivity index (χ1v) is 8.86. The molecule has 0 atom stereocenters. The summed E-state index contributed by atoms with van der Waals surface area (Å²) >= 11 is 1.48. The molecule has 4 rings (SSSR count). The molecule has 0 aromatic carbocycles. The molecule has 1 saturated carbocycles. The van der Waals surface area contributed by atoms with Crippen molar-refractivity contribution >= 4 is 17.4 Å². The summed E-state index contributed by atoms with van der Waals surface area (Å²) in [6.45, 7) is 4.46. The van der Waals surface area contributed by atoms with Gasteiger partial charge in [0.25, 0.3) is 5.56 Å². The topological polar surface area (TPSA) is 105 Å². The Labute approximate surface area is 147 Å². The van der Waals surface area contributed by atoms with Gasteiger partial charge in [-0.2, -0.15) is 5.26 Å². The number of aromatic nitrogens is 6. The van der Waals surface area contributed by atoms with Crippen LogP contribution in [-0.4, -0.2) is 29.4 Å². The highest BCUT2D eigenvalue weighted by Gasteiger charge is 2.30. The summed E-state index contributed by atoms with van der Waals surface area (Å²) < 4.78 is 3.33. The zero-order valence-corrected chi connectivity index (χ0v) is 14.2. The van der Waals surface area contributed by atoms with E-state index in [1.807, 2.05) is 12.1 Å². The number of aromatic amines is 1. The number of H-pyrrole nitrogens is 1. The normalized spacial score (nSPS) is 13.9. The van der Waals surface area contributed by atoms with E-state index in [-0.39, 0.29) is 5.56 Å². The Morgan fingerprint density at radius 3 is 3.04 bits per heavy atom. The number of nitrogens with one attached hydrogen (secondary N) is 1. The van der Waals surface area contributed by atoms with Gasteiger partial charge in [-0.1, -0.05) is 17.8 Å². The van der Waals surface area contributed by atoms with Crippen molar-refractivity contribution in [2.24, 2.45) is 0 Å². The minimum atomic E-state index is -0.242. The van der Waals surface area contributed by atoms with Crippen LogP contribution in [0.3, 0.4) is 0 Å². The van der Waals surface area contributed by atoms with Crippen molar-refractivity contribution in [2.75, 3.05) is 0 Å². The Morgan fingerprint density at radius 1 is 1.48 bits per heavy atom. The Balaban J connectivity index is 1.61. The predicted molar refractivity (Wildman–Crippen MR) is 92.3 cm³/mol. The largest absolute Gasteiger partial charge is 0.302 e. The highest BCUT2D eigenvalue weighted by Crippen LogP contribution is 2.40. The smallest absolute Gasteiger partial charge is 0.272 e. The van der Waals surface area contributed by atoms with Gasteiger partial charge in [-0.3, -0.25) is 9.89 Å². The minimum absolute atomic E-state index is 0.242. The summed E-state index contributed by atoms with van der Waals surface area (Å²) in [5.41, 5.74) is 1.05. The number of nitriles is 1. The Kier molecular flexibility index (Phi) is 3.89. The molecule has 126 valence electrons. The molecule has 0 radical (unpaired) electrons. The van der Waals surface area contributed by atoms with Gasteiger partial charge >= 0.3 is 0 Å². The van der Waals surface area contributed by atoms with Gasteiger partial charge in [0, 0.05) is 30.5 Å². The van der Waals surface area contributed by atoms with Gasteiger partial charge < -0.3 is 4.57 Å². The van der Waals surface area contributed by atoms with Gasteiger partial charge in [0.15, 0.2) is 10.8 Å². The number of allylic oxidation sites excluding steroid dienone is 1. The maximum Gasteiger partial charge on any atom is 0.272 e. The standard InChI is InChI=1S/C16H15N7OS/c1-2-5-22-15(10-3-4-10)20-21-16(22)25-9-12-6-13(24)23-14(19-12)11(7-17)8-18-23/h2,6,8,10,18H,1,3-5,9H2. The van der Waals surface area contributed by atoms with Gasteiger partial charge in [-0.15, -0.1) is 16.8 Å². The third-order valence-corrected chi connectivity index (χ3v) is 5.02. The zero-order valence-electron chi connectivity index (χ0n) is 13.3. The van der Waals surface area contributed by atoms with Crippen LogP contribution < -0.4 is 5.56 Å². The third kappa shape index (κ3) is 2.85. The summed E-state index contributed by atoms with van der Waals surface area (Å²) in [6, 6.07) is 3.49. The molecule has 0 unspecified atom stereocenters. The summed E-state index contributed by atoms with van der Waals surface area (Å²) in [5, 5.41) is 21.2. The molecular formula is C16H15N7OS. The van der Waals surface area contributed by atoms with Crippen LogP contribution in [0.1, 0.15) is 35.8 Å². The third-order valence-electron chi connectivity index (χ3n) is 4.02. The van der Waals surface area contributed by atoms with Gasteiger partial charge in [-0.05, 0) is 12.8 Å². The molecule has 3 heterocycles. The number of thioether (sulfide) groups is 1. The Morgan fingerprint density at radius 2 is 2.32 bits per heavy atom. The second-order valence-electron chi connectivity index (χ2n) is 5.85. The Bertz CT molecular complexity index is 1050. The van der Waals surface area contributed by atoms with E-state index in [9.17, 15) is 4.79 Å². The van der Waals surface area contributed by atoms with E-state index in [0.29, 0.717) is 35.1 Å². The maximum absolute atomic E-state index is 12.1. The monoisotopic (exact) mass is 353 g/mol. The summed E-state index contributed by atoms with van der Waals surface area (Å²) in [5.74, 6) is 1.98. The number of hydrogen-bond acceptors (Lipinski definition) is 6. The first kappa shape index (κ1) is 15.7. The lowest BCUT2D eigenvalue weighted by Gasteiger charge is -2.06. The molecule has 1 aliphatic carbocycles.